The fourth-order valence-corrected chi connectivity index (χ4v) is 3.76. The first-order chi connectivity index (χ1) is 12.0. The second-order valence-corrected chi connectivity index (χ2v) is 7.70. The summed E-state index contributed by atoms with van der Waals surface area (Å²) in [6.45, 7) is 3.94. The molecule has 1 aliphatic rings. The van der Waals surface area contributed by atoms with E-state index in [1.54, 1.807) is 0 Å². The van der Waals surface area contributed by atoms with Crippen molar-refractivity contribution in [3.63, 3.8) is 0 Å². The highest BCUT2D eigenvalue weighted by Crippen LogP contribution is 2.53. The molecule has 1 fully saturated rings. The van der Waals surface area contributed by atoms with Crippen LogP contribution in [-0.2, 0) is 5.41 Å². The Bertz CT molecular complexity index is 932. The number of anilines is 1. The maximum Gasteiger partial charge on any atom is 0.298 e. The molecule has 0 spiro atoms. The molecule has 1 aromatic heterocycles. The number of hydrogen-bond acceptors (Lipinski definition) is 5. The molecule has 0 unspecified atom stereocenters. The first-order valence-corrected chi connectivity index (χ1v) is 9.28. The maximum absolute atomic E-state index is 6.00. The van der Waals surface area contributed by atoms with Crippen molar-refractivity contribution in [3.05, 3.63) is 63.9 Å². The number of benzene rings is 2. The van der Waals surface area contributed by atoms with Crippen LogP contribution in [0.4, 0.5) is 5.69 Å². The van der Waals surface area contributed by atoms with E-state index in [0.29, 0.717) is 5.19 Å². The Balaban J connectivity index is 1.61. The number of nitrogens with zero attached hydrogens (tertiary/aromatic N) is 2. The van der Waals surface area contributed by atoms with Crippen LogP contribution < -0.4 is 10.5 Å². The minimum absolute atomic E-state index is 0.0885. The molecule has 0 amide bonds. The van der Waals surface area contributed by atoms with Crippen molar-refractivity contribution >= 4 is 28.8 Å². The van der Waals surface area contributed by atoms with Gasteiger partial charge in [-0.25, -0.2) is 0 Å². The van der Waals surface area contributed by atoms with Gasteiger partial charge in [0.15, 0.2) is 5.82 Å². The van der Waals surface area contributed by atoms with Gasteiger partial charge in [-0.1, -0.05) is 23.7 Å². The fraction of sp³-hybridized carbons (Fsp3) is 0.263. The highest BCUT2D eigenvalue weighted by Gasteiger charge is 2.49. The summed E-state index contributed by atoms with van der Waals surface area (Å²) in [4.78, 5) is 4.65. The first kappa shape index (κ1) is 16.4. The van der Waals surface area contributed by atoms with Gasteiger partial charge in [-0.3, -0.25) is 0 Å². The molecule has 4 rings (SSSR count). The number of nitrogen functional groups attached to an aromatic ring is 1. The Morgan fingerprint density at radius 1 is 1.12 bits per heavy atom. The van der Waals surface area contributed by atoms with Gasteiger partial charge in [0.2, 0.25) is 0 Å². The van der Waals surface area contributed by atoms with E-state index in [0.717, 1.165) is 46.3 Å². The van der Waals surface area contributed by atoms with Gasteiger partial charge in [0.1, 0.15) is 5.75 Å². The van der Waals surface area contributed by atoms with E-state index in [1.165, 1.54) is 17.1 Å². The highest BCUT2D eigenvalue weighted by atomic mass is 35.5. The normalized spacial score (nSPS) is 15.2. The van der Waals surface area contributed by atoms with Crippen LogP contribution in [0.1, 0.15) is 35.4 Å². The molecule has 0 bridgehead atoms. The molecule has 6 heteroatoms. The quantitative estimate of drug-likeness (QED) is 0.635. The number of aryl methyl sites for hydroxylation is 2. The molecule has 0 aliphatic heterocycles. The largest absolute Gasteiger partial charge is 0.430 e. The summed E-state index contributed by atoms with van der Waals surface area (Å²) < 4.78 is 10.5. The van der Waals surface area contributed by atoms with Crippen molar-refractivity contribution < 1.29 is 4.74 Å². The molecule has 0 saturated heterocycles. The Hall–Kier alpha value is -2.11. The van der Waals surface area contributed by atoms with Gasteiger partial charge >= 0.3 is 0 Å². The number of rotatable bonds is 4. The molecule has 1 heterocycles. The second kappa shape index (κ2) is 6.00. The Labute approximate surface area is 155 Å². The summed E-state index contributed by atoms with van der Waals surface area (Å²) in [5, 5.41) is 1.30. The summed E-state index contributed by atoms with van der Waals surface area (Å²) in [7, 11) is 0. The SMILES string of the molecule is Cc1cc(Oc2nc(C3(c4ccc(Cl)cc4)CC3)ns2)c(C)cc1N. The average Bonchev–Trinajstić information content (AvgIpc) is 3.26. The summed E-state index contributed by atoms with van der Waals surface area (Å²) >= 11 is 7.29. The average molecular weight is 372 g/mol. The number of nitrogens with two attached hydrogens (primary N) is 1. The molecule has 4 nitrogen and oxygen atoms in total. The van der Waals surface area contributed by atoms with E-state index in [4.69, 9.17) is 22.1 Å². The molecule has 1 aliphatic carbocycles. The third kappa shape index (κ3) is 2.98. The number of aromatic nitrogens is 2. The Morgan fingerprint density at radius 2 is 1.84 bits per heavy atom. The lowest BCUT2D eigenvalue weighted by atomic mass is 9.95. The van der Waals surface area contributed by atoms with E-state index >= 15 is 0 Å². The van der Waals surface area contributed by atoms with Gasteiger partial charge in [-0.2, -0.15) is 9.36 Å². The van der Waals surface area contributed by atoms with E-state index in [-0.39, 0.29) is 5.41 Å². The van der Waals surface area contributed by atoms with Crippen LogP contribution in [0.15, 0.2) is 36.4 Å². The zero-order chi connectivity index (χ0) is 17.6. The van der Waals surface area contributed by atoms with Crippen molar-refractivity contribution in [2.45, 2.75) is 32.1 Å². The third-order valence-electron chi connectivity index (χ3n) is 4.74. The standard InChI is InChI=1S/C19H18ClN3OS/c1-11-10-16(12(2)9-15(11)21)24-18-22-17(23-25-18)19(7-8-19)13-3-5-14(20)6-4-13/h3-6,9-10H,7-8,21H2,1-2H3. The van der Waals surface area contributed by atoms with E-state index in [1.807, 2.05) is 38.1 Å². The third-order valence-corrected chi connectivity index (χ3v) is 5.59. The lowest BCUT2D eigenvalue weighted by Gasteiger charge is -2.11. The van der Waals surface area contributed by atoms with Crippen LogP contribution in [0.2, 0.25) is 5.02 Å². The number of halogens is 1. The molecule has 1 saturated carbocycles. The molecule has 25 heavy (non-hydrogen) atoms. The topological polar surface area (TPSA) is 61.0 Å². The van der Waals surface area contributed by atoms with Crippen LogP contribution in [0.5, 0.6) is 10.9 Å². The smallest absolute Gasteiger partial charge is 0.298 e. The molecule has 0 radical (unpaired) electrons. The molecule has 0 atom stereocenters. The van der Waals surface area contributed by atoms with Crippen molar-refractivity contribution in [2.24, 2.45) is 0 Å². The summed E-state index contributed by atoms with van der Waals surface area (Å²) in [6, 6.07) is 11.8. The van der Waals surface area contributed by atoms with Crippen LogP contribution in [-0.4, -0.2) is 9.36 Å². The number of hydrogen-bond donors (Lipinski definition) is 1. The van der Waals surface area contributed by atoms with Crippen LogP contribution in [0.3, 0.4) is 0 Å². The van der Waals surface area contributed by atoms with Gasteiger partial charge in [-0.05, 0) is 67.6 Å². The predicted molar refractivity (Wildman–Crippen MR) is 102 cm³/mol. The maximum atomic E-state index is 6.00. The van der Waals surface area contributed by atoms with Gasteiger partial charge in [0, 0.05) is 22.2 Å². The van der Waals surface area contributed by atoms with Crippen molar-refractivity contribution in [3.8, 4) is 10.9 Å². The van der Waals surface area contributed by atoms with Gasteiger partial charge < -0.3 is 10.5 Å². The lowest BCUT2D eigenvalue weighted by molar-refractivity contribution is 0.472. The fourth-order valence-electron chi connectivity index (χ4n) is 3.00. The first-order valence-electron chi connectivity index (χ1n) is 8.13. The van der Waals surface area contributed by atoms with Crippen molar-refractivity contribution in [2.75, 3.05) is 5.73 Å². The van der Waals surface area contributed by atoms with E-state index in [2.05, 4.69) is 21.5 Å². The van der Waals surface area contributed by atoms with E-state index < -0.39 is 0 Å². The highest BCUT2D eigenvalue weighted by molar-refractivity contribution is 7.07. The summed E-state index contributed by atoms with van der Waals surface area (Å²) in [6.07, 6.45) is 2.09. The van der Waals surface area contributed by atoms with Gasteiger partial charge in [0.25, 0.3) is 5.19 Å². The Morgan fingerprint density at radius 3 is 2.52 bits per heavy atom. The molecule has 2 aromatic carbocycles. The Kier molecular flexibility index (Phi) is 3.93. The second-order valence-electron chi connectivity index (χ2n) is 6.55. The van der Waals surface area contributed by atoms with Crippen molar-refractivity contribution in [1.29, 1.82) is 0 Å². The van der Waals surface area contributed by atoms with Crippen LogP contribution >= 0.6 is 23.1 Å². The predicted octanol–water partition coefficient (Wildman–Crippen LogP) is 5.26. The zero-order valence-electron chi connectivity index (χ0n) is 14.0. The van der Waals surface area contributed by atoms with E-state index in [9.17, 15) is 0 Å². The number of ether oxygens (including phenoxy) is 1. The van der Waals surface area contributed by atoms with Gasteiger partial charge in [-0.15, -0.1) is 0 Å². The summed E-state index contributed by atoms with van der Waals surface area (Å²) in [5.74, 6) is 1.60. The molecule has 3 aromatic rings. The monoisotopic (exact) mass is 371 g/mol. The van der Waals surface area contributed by atoms with Crippen LogP contribution in [0, 0.1) is 13.8 Å². The lowest BCUT2D eigenvalue weighted by Crippen LogP contribution is -2.10. The molecule has 128 valence electrons. The van der Waals surface area contributed by atoms with Crippen LogP contribution in [0.25, 0.3) is 0 Å². The zero-order valence-corrected chi connectivity index (χ0v) is 15.6. The molecular formula is C19H18ClN3OS. The minimum atomic E-state index is -0.0885. The van der Waals surface area contributed by atoms with Gasteiger partial charge in [0.05, 0.1) is 5.41 Å². The van der Waals surface area contributed by atoms with Crippen molar-refractivity contribution in [1.82, 2.24) is 9.36 Å². The minimum Gasteiger partial charge on any atom is -0.430 e. The molecular weight excluding hydrogens is 354 g/mol. The molecule has 2 N–H and O–H groups in total. The summed E-state index contributed by atoms with van der Waals surface area (Å²) in [5.41, 5.74) is 9.80.